The van der Waals surface area contributed by atoms with E-state index in [9.17, 15) is 9.90 Å². The monoisotopic (exact) mass is 426 g/mol. The Morgan fingerprint density at radius 3 is 2.62 bits per heavy atom. The zero-order valence-corrected chi connectivity index (χ0v) is 19.5. The van der Waals surface area contributed by atoms with Crippen molar-refractivity contribution in [3.63, 3.8) is 0 Å². The lowest BCUT2D eigenvalue weighted by Gasteiger charge is -2.30. The van der Waals surface area contributed by atoms with Crippen LogP contribution < -0.4 is 0 Å². The minimum absolute atomic E-state index is 0.0711. The topological polar surface area (TPSA) is 66.8 Å². The van der Waals surface area contributed by atoms with Crippen LogP contribution in [-0.4, -0.2) is 46.0 Å². The van der Waals surface area contributed by atoms with E-state index >= 15 is 0 Å². The van der Waals surface area contributed by atoms with Crippen LogP contribution in [-0.2, 0) is 9.53 Å². The molecule has 2 bridgehead atoms. The van der Waals surface area contributed by atoms with E-state index in [1.807, 2.05) is 11.8 Å². The molecule has 5 atom stereocenters. The van der Waals surface area contributed by atoms with Crippen LogP contribution in [0.25, 0.3) is 0 Å². The molecule has 29 heavy (non-hydrogen) atoms. The summed E-state index contributed by atoms with van der Waals surface area (Å²) in [6.45, 7) is 6.53. The van der Waals surface area contributed by atoms with E-state index in [1.165, 1.54) is 32.1 Å². The molecule has 5 heteroatoms. The molecule has 0 aromatic heterocycles. The van der Waals surface area contributed by atoms with Crippen molar-refractivity contribution < 1.29 is 19.7 Å². The third kappa shape index (κ3) is 7.91. The van der Waals surface area contributed by atoms with E-state index in [-0.39, 0.29) is 11.8 Å². The van der Waals surface area contributed by atoms with Crippen LogP contribution >= 0.6 is 11.8 Å². The van der Waals surface area contributed by atoms with Crippen molar-refractivity contribution in [2.75, 3.05) is 11.5 Å². The molecule has 0 saturated carbocycles. The fourth-order valence-electron chi connectivity index (χ4n) is 4.74. The molecule has 2 fully saturated rings. The van der Waals surface area contributed by atoms with Crippen molar-refractivity contribution in [1.82, 2.24) is 0 Å². The van der Waals surface area contributed by atoms with E-state index < -0.39 is 12.1 Å². The molecular weight excluding hydrogens is 384 g/mol. The van der Waals surface area contributed by atoms with Crippen molar-refractivity contribution in [3.8, 4) is 0 Å². The number of hydrogen-bond donors (Lipinski definition) is 2. The first-order valence-electron chi connectivity index (χ1n) is 11.7. The quantitative estimate of drug-likeness (QED) is 0.260. The van der Waals surface area contributed by atoms with Crippen molar-refractivity contribution in [3.05, 3.63) is 12.2 Å². The maximum Gasteiger partial charge on any atom is 0.303 e. The fraction of sp³-hybridized carbons (Fsp3) is 0.875. The Labute approximate surface area is 181 Å². The van der Waals surface area contributed by atoms with Crippen molar-refractivity contribution >= 4 is 17.7 Å². The van der Waals surface area contributed by atoms with Gasteiger partial charge in [-0.25, -0.2) is 0 Å². The summed E-state index contributed by atoms with van der Waals surface area (Å²) in [5.41, 5.74) is -0.0711. The summed E-state index contributed by atoms with van der Waals surface area (Å²) in [6, 6.07) is 0. The number of hydrogen-bond acceptors (Lipinski definition) is 4. The number of aliphatic hydroxyl groups is 1. The zero-order valence-electron chi connectivity index (χ0n) is 18.6. The van der Waals surface area contributed by atoms with Crippen molar-refractivity contribution in [2.24, 2.45) is 17.3 Å². The molecule has 0 aromatic rings. The number of fused-ring (bicyclic) bond motifs is 2. The molecule has 4 nitrogen and oxygen atoms in total. The first-order chi connectivity index (χ1) is 13.8. The molecule has 2 rings (SSSR count). The molecule has 0 aliphatic carbocycles. The summed E-state index contributed by atoms with van der Waals surface area (Å²) in [5, 5.41) is 19.4. The molecule has 0 amide bonds. The lowest BCUT2D eigenvalue weighted by molar-refractivity contribution is -0.137. The molecule has 0 aromatic carbocycles. The molecule has 0 spiro atoms. The van der Waals surface area contributed by atoms with Crippen LogP contribution in [0, 0.1) is 17.3 Å². The van der Waals surface area contributed by atoms with Gasteiger partial charge in [0, 0.05) is 12.3 Å². The number of aliphatic hydroxyl groups excluding tert-OH is 1. The lowest BCUT2D eigenvalue weighted by atomic mass is 9.75. The first-order valence-corrected chi connectivity index (χ1v) is 12.8. The van der Waals surface area contributed by atoms with Gasteiger partial charge in [-0.05, 0) is 61.4 Å². The van der Waals surface area contributed by atoms with Gasteiger partial charge < -0.3 is 14.9 Å². The number of carboxylic acid groups (broad SMARTS) is 1. The van der Waals surface area contributed by atoms with Gasteiger partial charge in [-0.1, -0.05) is 52.2 Å². The highest BCUT2D eigenvalue weighted by Crippen LogP contribution is 2.46. The van der Waals surface area contributed by atoms with Gasteiger partial charge in [0.05, 0.1) is 18.3 Å². The van der Waals surface area contributed by atoms with Crippen LogP contribution in [0.15, 0.2) is 12.2 Å². The van der Waals surface area contributed by atoms with Crippen LogP contribution in [0.2, 0.25) is 0 Å². The zero-order chi connectivity index (χ0) is 21.3. The van der Waals surface area contributed by atoms with Crippen LogP contribution in [0.4, 0.5) is 0 Å². The largest absolute Gasteiger partial charge is 0.481 e. The molecule has 168 valence electrons. The number of ether oxygens (including phenoxy) is 1. The average Bonchev–Trinajstić information content (AvgIpc) is 3.28. The van der Waals surface area contributed by atoms with Crippen molar-refractivity contribution in [1.29, 1.82) is 0 Å². The number of aliphatic carboxylic acids is 1. The molecule has 1 unspecified atom stereocenters. The highest BCUT2D eigenvalue weighted by atomic mass is 32.2. The lowest BCUT2D eigenvalue weighted by Crippen LogP contribution is -2.29. The SMILES string of the molecule is CCCCC(C)(C)C(O)/C=C/[C@H]1[C@@H](CCCCSCCCC(=O)O)[C@H]2CC[C@@H]1O2. The van der Waals surface area contributed by atoms with E-state index in [2.05, 4.69) is 32.9 Å². The van der Waals surface area contributed by atoms with Crippen molar-refractivity contribution in [2.45, 2.75) is 103 Å². The van der Waals surface area contributed by atoms with Gasteiger partial charge in [0.25, 0.3) is 0 Å². The van der Waals surface area contributed by atoms with Gasteiger partial charge in [0.1, 0.15) is 0 Å². The third-order valence-corrected chi connectivity index (χ3v) is 7.89. The van der Waals surface area contributed by atoms with Gasteiger partial charge >= 0.3 is 5.97 Å². The first kappa shape index (κ1) is 24.7. The number of unbranched alkanes of at least 4 members (excludes halogenated alkanes) is 2. The minimum atomic E-state index is -0.695. The Kier molecular flexibility index (Phi) is 10.5. The Balaban J connectivity index is 1.74. The second kappa shape index (κ2) is 12.4. The number of carbonyl (C=O) groups is 1. The Bertz CT molecular complexity index is 519. The minimum Gasteiger partial charge on any atom is -0.481 e. The van der Waals surface area contributed by atoms with E-state index in [4.69, 9.17) is 9.84 Å². The maximum atomic E-state index is 10.7. The molecular formula is C24H42O4S. The van der Waals surface area contributed by atoms with E-state index in [1.54, 1.807) is 0 Å². The predicted molar refractivity (Wildman–Crippen MR) is 121 cm³/mol. The highest BCUT2D eigenvalue weighted by Gasteiger charge is 2.47. The van der Waals surface area contributed by atoms with Crippen LogP contribution in [0.5, 0.6) is 0 Å². The highest BCUT2D eigenvalue weighted by molar-refractivity contribution is 7.99. The summed E-state index contributed by atoms with van der Waals surface area (Å²) < 4.78 is 6.22. The predicted octanol–water partition coefficient (Wildman–Crippen LogP) is 5.68. The average molecular weight is 427 g/mol. The second-order valence-electron chi connectivity index (χ2n) is 9.56. The van der Waals surface area contributed by atoms with Gasteiger partial charge in [-0.2, -0.15) is 11.8 Å². The molecule has 2 aliphatic heterocycles. The van der Waals surface area contributed by atoms with Gasteiger partial charge in [-0.3, -0.25) is 4.79 Å². The summed E-state index contributed by atoms with van der Waals surface area (Å²) >= 11 is 1.88. The smallest absolute Gasteiger partial charge is 0.303 e. The Morgan fingerprint density at radius 2 is 1.90 bits per heavy atom. The van der Waals surface area contributed by atoms with E-state index in [0.29, 0.717) is 24.0 Å². The summed E-state index contributed by atoms with van der Waals surface area (Å²) in [4.78, 5) is 10.5. The molecule has 2 aliphatic rings. The van der Waals surface area contributed by atoms with Gasteiger partial charge in [0.2, 0.25) is 0 Å². The molecule has 2 heterocycles. The molecule has 2 N–H and O–H groups in total. The normalized spacial score (nSPS) is 27.7. The van der Waals surface area contributed by atoms with E-state index in [0.717, 1.165) is 37.2 Å². The van der Waals surface area contributed by atoms with Gasteiger partial charge in [-0.15, -0.1) is 0 Å². The van der Waals surface area contributed by atoms with Crippen LogP contribution in [0.3, 0.4) is 0 Å². The fourth-order valence-corrected chi connectivity index (χ4v) is 5.70. The van der Waals surface area contributed by atoms with Crippen LogP contribution in [0.1, 0.15) is 85.0 Å². The van der Waals surface area contributed by atoms with Gasteiger partial charge in [0.15, 0.2) is 0 Å². The Morgan fingerprint density at radius 1 is 1.17 bits per heavy atom. The number of carboxylic acids is 1. The number of rotatable bonds is 15. The maximum absolute atomic E-state index is 10.7. The standard InChI is InChI=1S/C24H42O4S/c1-4-5-15-24(2,3)22(25)14-11-19-18(20-12-13-21(19)28-20)9-6-7-16-29-17-8-10-23(26)27/h11,14,18-22,25H,4-10,12-13,15-17H2,1-3H3,(H,26,27)/b14-11+/t18-,19+,20-,21+,22?/m1/s1. The third-order valence-electron chi connectivity index (χ3n) is 6.73. The second-order valence-corrected chi connectivity index (χ2v) is 10.8. The summed E-state index contributed by atoms with van der Waals surface area (Å²) in [7, 11) is 0. The number of thioether (sulfide) groups is 1. The summed E-state index contributed by atoms with van der Waals surface area (Å²) in [6.07, 6.45) is 15.0. The Hall–Kier alpha value is -0.520. The molecule has 0 radical (unpaired) electrons. The summed E-state index contributed by atoms with van der Waals surface area (Å²) in [5.74, 6) is 2.41. The molecule has 2 saturated heterocycles.